The monoisotopic (exact) mass is 394 g/mol. The molecule has 0 atom stereocenters. The van der Waals surface area contributed by atoms with E-state index in [1.807, 2.05) is 25.1 Å². The average Bonchev–Trinajstić information content (AvgIpc) is 2.25. The molecule has 0 aliphatic rings. The fourth-order valence-corrected chi connectivity index (χ4v) is 2.43. The highest BCUT2D eigenvalue weighted by molar-refractivity contribution is 9.10. The molecule has 0 spiro atoms. The molecular formula is C11H6Br2Cl2N2. The molecule has 2 aromatic rings. The van der Waals surface area contributed by atoms with Crippen LogP contribution >= 0.6 is 55.1 Å². The molecule has 0 N–H and O–H groups in total. The van der Waals surface area contributed by atoms with E-state index in [0.29, 0.717) is 20.6 Å². The second-order valence-corrected chi connectivity index (χ2v) is 5.83. The highest BCUT2D eigenvalue weighted by atomic mass is 79.9. The van der Waals surface area contributed by atoms with Crippen LogP contribution in [-0.2, 0) is 0 Å². The second kappa shape index (κ2) is 5.22. The summed E-state index contributed by atoms with van der Waals surface area (Å²) >= 11 is 18.6. The van der Waals surface area contributed by atoms with Crippen LogP contribution in [0, 0.1) is 6.92 Å². The lowest BCUT2D eigenvalue weighted by atomic mass is 10.1. The summed E-state index contributed by atoms with van der Waals surface area (Å²) in [5.41, 5.74) is 1.96. The zero-order valence-electron chi connectivity index (χ0n) is 8.64. The van der Waals surface area contributed by atoms with E-state index in [-0.39, 0.29) is 0 Å². The van der Waals surface area contributed by atoms with Crippen molar-refractivity contribution in [3.05, 3.63) is 43.0 Å². The summed E-state index contributed by atoms with van der Waals surface area (Å²) < 4.78 is 1.52. The Morgan fingerprint density at radius 3 is 2.18 bits per heavy atom. The van der Waals surface area contributed by atoms with Gasteiger partial charge in [0, 0.05) is 10.0 Å². The summed E-state index contributed by atoms with van der Waals surface area (Å²) in [5.74, 6) is 0.521. The van der Waals surface area contributed by atoms with Crippen molar-refractivity contribution in [2.45, 2.75) is 6.92 Å². The average molecular weight is 397 g/mol. The van der Waals surface area contributed by atoms with Crippen molar-refractivity contribution >= 4 is 55.1 Å². The summed E-state index contributed by atoms with van der Waals surface area (Å²) in [7, 11) is 0. The molecule has 0 bridgehead atoms. The first-order chi connectivity index (χ1) is 7.99. The smallest absolute Gasteiger partial charge is 0.162 e. The molecule has 0 aliphatic carbocycles. The minimum atomic E-state index is 0.308. The first kappa shape index (κ1) is 13.3. The molecule has 2 nitrogen and oxygen atoms in total. The van der Waals surface area contributed by atoms with Gasteiger partial charge in [-0.2, -0.15) is 0 Å². The zero-order valence-corrected chi connectivity index (χ0v) is 13.3. The third kappa shape index (κ3) is 2.81. The third-order valence-corrected chi connectivity index (χ3v) is 4.45. The second-order valence-electron chi connectivity index (χ2n) is 3.40. The van der Waals surface area contributed by atoms with Crippen molar-refractivity contribution in [3.63, 3.8) is 0 Å². The van der Waals surface area contributed by atoms with Crippen molar-refractivity contribution in [1.29, 1.82) is 0 Å². The lowest BCUT2D eigenvalue weighted by molar-refractivity contribution is 1.15. The molecule has 0 aliphatic heterocycles. The third-order valence-electron chi connectivity index (χ3n) is 2.20. The maximum absolute atomic E-state index is 5.96. The maximum Gasteiger partial charge on any atom is 0.162 e. The molecule has 1 aromatic heterocycles. The van der Waals surface area contributed by atoms with Crippen LogP contribution in [0.2, 0.25) is 10.3 Å². The summed E-state index contributed by atoms with van der Waals surface area (Å²) in [6.45, 7) is 1.98. The largest absolute Gasteiger partial charge is 0.215 e. The van der Waals surface area contributed by atoms with Crippen molar-refractivity contribution in [1.82, 2.24) is 9.97 Å². The van der Waals surface area contributed by atoms with Crippen molar-refractivity contribution < 1.29 is 0 Å². The van der Waals surface area contributed by atoms with Crippen LogP contribution in [0.3, 0.4) is 0 Å². The van der Waals surface area contributed by atoms with Gasteiger partial charge in [0.15, 0.2) is 5.82 Å². The van der Waals surface area contributed by atoms with Crippen LogP contribution in [0.1, 0.15) is 5.56 Å². The van der Waals surface area contributed by atoms with Gasteiger partial charge in [0.1, 0.15) is 10.3 Å². The molecule has 0 unspecified atom stereocenters. The van der Waals surface area contributed by atoms with Crippen LogP contribution in [0.25, 0.3) is 11.4 Å². The molecule has 0 fully saturated rings. The lowest BCUT2D eigenvalue weighted by Crippen LogP contribution is -1.94. The Balaban J connectivity index is 2.61. The van der Waals surface area contributed by atoms with Gasteiger partial charge in [-0.3, -0.25) is 0 Å². The highest BCUT2D eigenvalue weighted by Crippen LogP contribution is 2.31. The minimum absolute atomic E-state index is 0.308. The van der Waals surface area contributed by atoms with Gasteiger partial charge in [0.2, 0.25) is 0 Å². The molecule has 1 heterocycles. The van der Waals surface area contributed by atoms with Gasteiger partial charge in [-0.1, -0.05) is 39.1 Å². The summed E-state index contributed by atoms with van der Waals surface area (Å²) in [5, 5.41) is 0.615. The summed E-state index contributed by atoms with van der Waals surface area (Å²) in [4.78, 5) is 8.40. The highest BCUT2D eigenvalue weighted by Gasteiger charge is 2.12. The van der Waals surface area contributed by atoms with E-state index in [1.54, 1.807) is 0 Å². The molecule has 6 heteroatoms. The van der Waals surface area contributed by atoms with Gasteiger partial charge in [0.25, 0.3) is 0 Å². The van der Waals surface area contributed by atoms with Crippen molar-refractivity contribution in [2.24, 2.45) is 0 Å². The van der Waals surface area contributed by atoms with E-state index in [4.69, 9.17) is 23.2 Å². The Hall–Kier alpha value is -0.160. The standard InChI is InChI=1S/C11H6Br2Cl2N2/c1-5-4-6(12)2-3-7(5)11-16-9(14)8(13)10(15)17-11/h2-4H,1H3. The molecule has 0 saturated carbocycles. The van der Waals surface area contributed by atoms with Gasteiger partial charge in [-0.15, -0.1) is 0 Å². The van der Waals surface area contributed by atoms with Crippen LogP contribution in [-0.4, -0.2) is 9.97 Å². The van der Waals surface area contributed by atoms with Crippen LogP contribution in [0.5, 0.6) is 0 Å². The van der Waals surface area contributed by atoms with E-state index < -0.39 is 0 Å². The van der Waals surface area contributed by atoms with Crippen LogP contribution < -0.4 is 0 Å². The normalized spacial score (nSPS) is 10.6. The van der Waals surface area contributed by atoms with Gasteiger partial charge in [0.05, 0.1) is 4.47 Å². The quantitative estimate of drug-likeness (QED) is 0.612. The predicted molar refractivity (Wildman–Crippen MR) is 77.6 cm³/mol. The fraction of sp³-hybridized carbons (Fsp3) is 0.0909. The zero-order chi connectivity index (χ0) is 12.6. The number of halogens is 4. The van der Waals surface area contributed by atoms with Crippen molar-refractivity contribution in [3.8, 4) is 11.4 Å². The number of hydrogen-bond donors (Lipinski definition) is 0. The van der Waals surface area contributed by atoms with E-state index >= 15 is 0 Å². The number of aromatic nitrogens is 2. The Labute approximate surface area is 126 Å². The molecule has 88 valence electrons. The minimum Gasteiger partial charge on any atom is -0.215 e. The Kier molecular flexibility index (Phi) is 4.08. The van der Waals surface area contributed by atoms with Gasteiger partial charge in [-0.05, 0) is 46.6 Å². The molecule has 17 heavy (non-hydrogen) atoms. The van der Waals surface area contributed by atoms with Crippen LogP contribution in [0.4, 0.5) is 0 Å². The van der Waals surface area contributed by atoms with Gasteiger partial charge < -0.3 is 0 Å². The molecule has 2 rings (SSSR count). The first-order valence-corrected chi connectivity index (χ1v) is 6.98. The molecule has 0 saturated heterocycles. The number of rotatable bonds is 1. The summed E-state index contributed by atoms with van der Waals surface area (Å²) in [6.07, 6.45) is 0. The Morgan fingerprint density at radius 1 is 1.06 bits per heavy atom. The SMILES string of the molecule is Cc1cc(Br)ccc1-c1nc(Cl)c(Br)c(Cl)n1. The van der Waals surface area contributed by atoms with E-state index in [1.165, 1.54) is 0 Å². The maximum atomic E-state index is 5.96. The predicted octanol–water partition coefficient (Wildman–Crippen LogP) is 5.28. The number of nitrogens with zero attached hydrogens (tertiary/aromatic N) is 2. The molecule has 0 radical (unpaired) electrons. The molecule has 1 aromatic carbocycles. The topological polar surface area (TPSA) is 25.8 Å². The van der Waals surface area contributed by atoms with Crippen LogP contribution in [0.15, 0.2) is 27.1 Å². The number of hydrogen-bond acceptors (Lipinski definition) is 2. The van der Waals surface area contributed by atoms with Crippen molar-refractivity contribution in [2.75, 3.05) is 0 Å². The Bertz CT molecular complexity index is 565. The molecule has 0 amide bonds. The van der Waals surface area contributed by atoms with Gasteiger partial charge >= 0.3 is 0 Å². The Morgan fingerprint density at radius 2 is 1.65 bits per heavy atom. The fourth-order valence-electron chi connectivity index (χ4n) is 1.39. The summed E-state index contributed by atoms with van der Waals surface area (Å²) in [6, 6.07) is 5.84. The number of benzene rings is 1. The van der Waals surface area contributed by atoms with E-state index in [0.717, 1.165) is 15.6 Å². The van der Waals surface area contributed by atoms with Gasteiger partial charge in [-0.25, -0.2) is 9.97 Å². The van der Waals surface area contributed by atoms with E-state index in [9.17, 15) is 0 Å². The number of aryl methyl sites for hydroxylation is 1. The van der Waals surface area contributed by atoms with E-state index in [2.05, 4.69) is 41.8 Å². The first-order valence-electron chi connectivity index (χ1n) is 4.64. The molecular weight excluding hydrogens is 391 g/mol. The lowest BCUT2D eigenvalue weighted by Gasteiger charge is -2.07.